The van der Waals surface area contributed by atoms with Gasteiger partial charge >= 0.3 is 0 Å². The van der Waals surface area contributed by atoms with Gasteiger partial charge in [-0.05, 0) is 56.1 Å². The molecule has 1 fully saturated rings. The fraction of sp³-hybridized carbons (Fsp3) is 0.400. The lowest BCUT2D eigenvalue weighted by atomic mass is 10.3. The average molecular weight is 387 g/mol. The molecule has 4 nitrogen and oxygen atoms in total. The molecule has 0 radical (unpaired) electrons. The van der Waals surface area contributed by atoms with Gasteiger partial charge in [0.25, 0.3) is 0 Å². The van der Waals surface area contributed by atoms with Gasteiger partial charge in [-0.2, -0.15) is 0 Å². The standard InChI is InChI=1S/C20H26N4S2/c1-16-7-5-8-17(21-16)15-23-11-6-12-24(14-13-23)20(25)22-18-9-3-4-10-19(18)26-2/h3-5,7-10H,6,11-15H2,1-2H3,(H,22,25). The van der Waals surface area contributed by atoms with Gasteiger partial charge in [-0.1, -0.05) is 18.2 Å². The summed E-state index contributed by atoms with van der Waals surface area (Å²) in [4.78, 5) is 10.6. The number of thiocarbonyl (C=S) groups is 1. The molecule has 6 heteroatoms. The zero-order chi connectivity index (χ0) is 18.4. The van der Waals surface area contributed by atoms with E-state index < -0.39 is 0 Å². The van der Waals surface area contributed by atoms with Crippen LogP contribution in [0.5, 0.6) is 0 Å². The third-order valence-corrected chi connectivity index (χ3v) is 5.71. The van der Waals surface area contributed by atoms with Gasteiger partial charge in [-0.15, -0.1) is 11.8 Å². The van der Waals surface area contributed by atoms with Gasteiger partial charge in [0.05, 0.1) is 11.4 Å². The Morgan fingerprint density at radius 1 is 1.12 bits per heavy atom. The molecule has 0 bridgehead atoms. The molecule has 0 unspecified atom stereocenters. The van der Waals surface area contributed by atoms with Gasteiger partial charge in [0.15, 0.2) is 5.11 Å². The van der Waals surface area contributed by atoms with Crippen molar-refractivity contribution in [2.45, 2.75) is 24.8 Å². The Bertz CT molecular complexity index is 750. The Morgan fingerprint density at radius 2 is 1.96 bits per heavy atom. The quantitative estimate of drug-likeness (QED) is 0.631. The SMILES string of the molecule is CSc1ccccc1NC(=S)N1CCCN(Cc2cccc(C)n2)CC1. The number of nitrogens with one attached hydrogen (secondary N) is 1. The van der Waals surface area contributed by atoms with Crippen LogP contribution < -0.4 is 5.32 Å². The number of aryl methyl sites for hydroxylation is 1. The van der Waals surface area contributed by atoms with Gasteiger partial charge in [0.1, 0.15) is 0 Å². The molecule has 26 heavy (non-hydrogen) atoms. The van der Waals surface area contributed by atoms with Crippen LogP contribution >= 0.6 is 24.0 Å². The van der Waals surface area contributed by atoms with E-state index in [9.17, 15) is 0 Å². The van der Waals surface area contributed by atoms with Gasteiger partial charge in [0.2, 0.25) is 0 Å². The minimum Gasteiger partial charge on any atom is -0.348 e. The highest BCUT2D eigenvalue weighted by Gasteiger charge is 2.18. The van der Waals surface area contributed by atoms with Gasteiger partial charge in [-0.25, -0.2) is 0 Å². The second-order valence-electron chi connectivity index (χ2n) is 6.52. The summed E-state index contributed by atoms with van der Waals surface area (Å²) in [7, 11) is 0. The smallest absolute Gasteiger partial charge is 0.173 e. The molecule has 1 aromatic carbocycles. The molecule has 1 aliphatic heterocycles. The lowest BCUT2D eigenvalue weighted by Crippen LogP contribution is -2.37. The number of benzene rings is 1. The number of thioether (sulfide) groups is 1. The highest BCUT2D eigenvalue weighted by atomic mass is 32.2. The maximum Gasteiger partial charge on any atom is 0.173 e. The number of rotatable bonds is 4. The van der Waals surface area contributed by atoms with Crippen LogP contribution in [0.25, 0.3) is 0 Å². The number of nitrogens with zero attached hydrogens (tertiary/aromatic N) is 3. The van der Waals surface area contributed by atoms with Gasteiger partial charge < -0.3 is 10.2 Å². The fourth-order valence-corrected chi connectivity index (χ4v) is 4.04. The second-order valence-corrected chi connectivity index (χ2v) is 7.75. The van der Waals surface area contributed by atoms with Crippen molar-refractivity contribution in [1.82, 2.24) is 14.8 Å². The highest BCUT2D eigenvalue weighted by molar-refractivity contribution is 7.98. The van der Waals surface area contributed by atoms with E-state index in [2.05, 4.69) is 56.7 Å². The summed E-state index contributed by atoms with van der Waals surface area (Å²) in [5.74, 6) is 0. The normalized spacial score (nSPS) is 15.5. The molecule has 3 rings (SSSR count). The minimum atomic E-state index is 0.821. The third kappa shape index (κ3) is 5.19. The lowest BCUT2D eigenvalue weighted by molar-refractivity contribution is 0.275. The van der Waals surface area contributed by atoms with Crippen LogP contribution in [0.3, 0.4) is 0 Å². The number of pyridine rings is 1. The molecule has 2 heterocycles. The number of hydrogen-bond acceptors (Lipinski definition) is 4. The van der Waals surface area contributed by atoms with Gasteiger partial charge in [0, 0.05) is 43.3 Å². The average Bonchev–Trinajstić information content (AvgIpc) is 2.88. The Morgan fingerprint density at radius 3 is 2.77 bits per heavy atom. The van der Waals surface area contributed by atoms with Crippen molar-refractivity contribution < 1.29 is 0 Å². The Balaban J connectivity index is 1.57. The van der Waals surface area contributed by atoms with Crippen molar-refractivity contribution in [1.29, 1.82) is 0 Å². The van der Waals surface area contributed by atoms with Crippen LogP contribution in [0.15, 0.2) is 47.4 Å². The molecule has 1 aromatic heterocycles. The van der Waals surface area contributed by atoms with Crippen molar-refractivity contribution in [3.05, 3.63) is 53.9 Å². The summed E-state index contributed by atoms with van der Waals surface area (Å²) in [6.07, 6.45) is 3.20. The topological polar surface area (TPSA) is 31.4 Å². The Labute approximate surface area is 166 Å². The summed E-state index contributed by atoms with van der Waals surface area (Å²) < 4.78 is 0. The summed E-state index contributed by atoms with van der Waals surface area (Å²) in [5.41, 5.74) is 3.32. The van der Waals surface area contributed by atoms with Crippen LogP contribution in [0.4, 0.5) is 5.69 Å². The molecule has 0 aliphatic carbocycles. The first-order chi connectivity index (χ1) is 12.7. The molecule has 1 saturated heterocycles. The van der Waals surface area contributed by atoms with E-state index in [0.29, 0.717) is 0 Å². The van der Waals surface area contributed by atoms with Gasteiger partial charge in [-0.3, -0.25) is 9.88 Å². The van der Waals surface area contributed by atoms with Crippen molar-refractivity contribution in [3.8, 4) is 0 Å². The molecule has 0 amide bonds. The zero-order valence-corrected chi connectivity index (χ0v) is 17.1. The van der Waals surface area contributed by atoms with E-state index >= 15 is 0 Å². The number of aromatic nitrogens is 1. The van der Waals surface area contributed by atoms with E-state index in [1.807, 2.05) is 19.1 Å². The zero-order valence-electron chi connectivity index (χ0n) is 15.4. The van der Waals surface area contributed by atoms with E-state index in [1.54, 1.807) is 11.8 Å². The van der Waals surface area contributed by atoms with E-state index in [0.717, 1.165) is 61.3 Å². The summed E-state index contributed by atoms with van der Waals surface area (Å²) >= 11 is 7.42. The van der Waals surface area contributed by atoms with Crippen molar-refractivity contribution in [3.63, 3.8) is 0 Å². The second kappa shape index (κ2) is 9.35. The first kappa shape index (κ1) is 19.1. The molecule has 1 N–H and O–H groups in total. The summed E-state index contributed by atoms with van der Waals surface area (Å²) in [5, 5.41) is 4.26. The maximum atomic E-state index is 5.68. The minimum absolute atomic E-state index is 0.821. The molecule has 138 valence electrons. The summed E-state index contributed by atoms with van der Waals surface area (Å²) in [6.45, 7) is 6.97. The third-order valence-electron chi connectivity index (χ3n) is 4.56. The predicted octanol–water partition coefficient (Wildman–Crippen LogP) is 4.02. The van der Waals surface area contributed by atoms with Crippen molar-refractivity contribution in [2.24, 2.45) is 0 Å². The molecule has 0 saturated carbocycles. The van der Waals surface area contributed by atoms with Crippen LogP contribution in [-0.4, -0.2) is 52.3 Å². The van der Waals surface area contributed by atoms with Crippen LogP contribution in [-0.2, 0) is 6.54 Å². The first-order valence-electron chi connectivity index (χ1n) is 8.99. The molecule has 0 atom stereocenters. The largest absolute Gasteiger partial charge is 0.348 e. The maximum absolute atomic E-state index is 5.68. The summed E-state index contributed by atoms with van der Waals surface area (Å²) in [6, 6.07) is 14.6. The Hall–Kier alpha value is -1.63. The molecule has 0 spiro atoms. The molecule has 1 aliphatic rings. The van der Waals surface area contributed by atoms with E-state index in [1.165, 1.54) is 4.90 Å². The first-order valence-corrected chi connectivity index (χ1v) is 10.6. The lowest BCUT2D eigenvalue weighted by Gasteiger charge is -2.25. The van der Waals surface area contributed by atoms with E-state index in [-0.39, 0.29) is 0 Å². The predicted molar refractivity (Wildman–Crippen MR) is 115 cm³/mol. The fourth-order valence-electron chi connectivity index (χ4n) is 3.19. The van der Waals surface area contributed by atoms with E-state index in [4.69, 9.17) is 12.2 Å². The van der Waals surface area contributed by atoms with Crippen LogP contribution in [0.2, 0.25) is 0 Å². The molecule has 2 aromatic rings. The molecular formula is C20H26N4S2. The number of hydrogen-bond donors (Lipinski definition) is 1. The number of para-hydroxylation sites is 1. The van der Waals surface area contributed by atoms with Crippen molar-refractivity contribution >= 4 is 34.8 Å². The van der Waals surface area contributed by atoms with Crippen LogP contribution in [0.1, 0.15) is 17.8 Å². The Kier molecular flexibility index (Phi) is 6.88. The molecular weight excluding hydrogens is 360 g/mol. The van der Waals surface area contributed by atoms with Crippen molar-refractivity contribution in [2.75, 3.05) is 37.8 Å². The van der Waals surface area contributed by atoms with Crippen LogP contribution in [0, 0.1) is 6.92 Å². The highest BCUT2D eigenvalue weighted by Crippen LogP contribution is 2.25. The monoisotopic (exact) mass is 386 g/mol. The number of anilines is 1.